The molecule has 0 aromatic carbocycles. The normalized spacial score (nSPS) is 6.33. The van der Waals surface area contributed by atoms with Gasteiger partial charge in [-0.15, -0.1) is 0 Å². The molecule has 0 aromatic rings. The summed E-state index contributed by atoms with van der Waals surface area (Å²) in [6.07, 6.45) is 1.50. The second-order valence-corrected chi connectivity index (χ2v) is 2.00. The minimum Gasteiger partial charge on any atom is -1.00 e. The minimum atomic E-state index is -4.61. The average Bonchev–Trinajstić information content (AvgIpc) is 1.62. The van der Waals surface area contributed by atoms with Crippen molar-refractivity contribution >= 4 is 21.2 Å². The maximum Gasteiger partial charge on any atom is 1.00 e. The van der Waals surface area contributed by atoms with Crippen LogP contribution < -0.4 is 29.6 Å². The first kappa shape index (κ1) is 22.6. The van der Waals surface area contributed by atoms with Crippen LogP contribution in [0.25, 0.3) is 0 Å². The van der Waals surface area contributed by atoms with Crippen LogP contribution in [0.15, 0.2) is 0 Å². The molecule has 8 nitrogen and oxygen atoms in total. The summed E-state index contributed by atoms with van der Waals surface area (Å²) in [6, 6.07) is 0. The van der Waals surface area contributed by atoms with E-state index < -0.39 is 9.05 Å². The van der Waals surface area contributed by atoms with Crippen LogP contribution in [0.4, 0.5) is 0 Å². The van der Waals surface area contributed by atoms with Crippen molar-refractivity contribution in [3.63, 3.8) is 0 Å². The Kier molecular flexibility index (Phi) is 32.2. The molecule has 0 atom stereocenters. The van der Waals surface area contributed by atoms with Crippen molar-refractivity contribution in [1.29, 1.82) is 10.8 Å². The molecule has 66 valence electrons. The largest absolute Gasteiger partial charge is 1.00 e. The molecule has 0 saturated carbocycles. The SMILES string of the molecule is N=C=O.N=C=O.O[Si](O)(O)O.[H-].[Na+]. The van der Waals surface area contributed by atoms with Crippen LogP contribution >= 0.6 is 0 Å². The first-order valence-electron chi connectivity index (χ1n) is 1.80. The van der Waals surface area contributed by atoms with E-state index in [1.165, 1.54) is 0 Å². The van der Waals surface area contributed by atoms with Gasteiger partial charge in [0.1, 0.15) is 0 Å². The molecule has 0 unspecified atom stereocenters. The van der Waals surface area contributed by atoms with Crippen LogP contribution in [-0.4, -0.2) is 40.4 Å². The monoisotopic (exact) mass is 206 g/mol. The van der Waals surface area contributed by atoms with Gasteiger partial charge in [-0.3, -0.25) is 0 Å². The van der Waals surface area contributed by atoms with Gasteiger partial charge < -0.3 is 20.6 Å². The Morgan fingerprint density at radius 2 is 1.00 bits per heavy atom. The van der Waals surface area contributed by atoms with E-state index in [1.807, 2.05) is 0 Å². The van der Waals surface area contributed by atoms with Gasteiger partial charge in [0.25, 0.3) is 0 Å². The molecule has 0 rings (SSSR count). The summed E-state index contributed by atoms with van der Waals surface area (Å²) in [5.41, 5.74) is 0. The van der Waals surface area contributed by atoms with Gasteiger partial charge in [0, 0.05) is 0 Å². The zero-order valence-electron chi connectivity index (χ0n) is 7.11. The summed E-state index contributed by atoms with van der Waals surface area (Å²) in [7, 11) is -4.61. The quantitative estimate of drug-likeness (QED) is 0.131. The molecular weight excluding hydrogens is 199 g/mol. The van der Waals surface area contributed by atoms with Crippen LogP contribution in [-0.2, 0) is 9.59 Å². The van der Waals surface area contributed by atoms with Crippen molar-refractivity contribution in [2.24, 2.45) is 0 Å². The molecule has 10 heteroatoms. The summed E-state index contributed by atoms with van der Waals surface area (Å²) in [5.74, 6) is 0. The van der Waals surface area contributed by atoms with Gasteiger partial charge in [-0.1, -0.05) is 0 Å². The van der Waals surface area contributed by atoms with E-state index in [0.29, 0.717) is 0 Å². The number of hydrogen-bond donors (Lipinski definition) is 6. The van der Waals surface area contributed by atoms with E-state index in [2.05, 4.69) is 0 Å². The van der Waals surface area contributed by atoms with Gasteiger partial charge in [-0.2, -0.15) is 0 Å². The summed E-state index contributed by atoms with van der Waals surface area (Å²) in [6.45, 7) is 0. The molecule has 6 N–H and O–H groups in total. The molecule has 0 spiro atoms. The molecule has 0 radical (unpaired) electrons. The van der Waals surface area contributed by atoms with Crippen molar-refractivity contribution in [2.75, 3.05) is 0 Å². The number of hydrogen-bond acceptors (Lipinski definition) is 8. The van der Waals surface area contributed by atoms with Crippen molar-refractivity contribution in [1.82, 2.24) is 0 Å². The maximum atomic E-state index is 8.35. The molecule has 0 aliphatic carbocycles. The van der Waals surface area contributed by atoms with Crippen molar-refractivity contribution < 1.29 is 59.8 Å². The zero-order valence-corrected chi connectivity index (χ0v) is 9.11. The van der Waals surface area contributed by atoms with Gasteiger partial charge in [-0.25, -0.2) is 20.4 Å². The van der Waals surface area contributed by atoms with E-state index in [9.17, 15) is 0 Å². The van der Waals surface area contributed by atoms with Crippen LogP contribution in [0.2, 0.25) is 0 Å². The van der Waals surface area contributed by atoms with Gasteiger partial charge in [0.15, 0.2) is 0 Å². The van der Waals surface area contributed by atoms with E-state index in [1.54, 1.807) is 0 Å². The smallest absolute Gasteiger partial charge is 1.00 e. The molecule has 0 bridgehead atoms. The summed E-state index contributed by atoms with van der Waals surface area (Å²) < 4.78 is 0. The molecule has 0 aromatic heterocycles. The predicted molar refractivity (Wildman–Crippen MR) is 32.6 cm³/mol. The fourth-order valence-corrected chi connectivity index (χ4v) is 0. The second-order valence-electron chi connectivity index (χ2n) is 0.804. The first-order valence-corrected chi connectivity index (χ1v) is 3.59. The summed E-state index contributed by atoms with van der Waals surface area (Å²) >= 11 is 0. The van der Waals surface area contributed by atoms with Crippen LogP contribution in [0.3, 0.4) is 0 Å². The van der Waals surface area contributed by atoms with E-state index in [4.69, 9.17) is 39.6 Å². The third kappa shape index (κ3) is 22800. The predicted octanol–water partition coefficient (Wildman–Crippen LogP) is -5.69. The standard InChI is InChI=1S/2CHNO.Na.H4O4Si.H/c2*2-1-3;;1-5(2,3)4;/h2*2H;;1-4H;/q;;+1;;-1. The van der Waals surface area contributed by atoms with Crippen LogP contribution in [0, 0.1) is 10.8 Å². The Bertz CT molecular complexity index is 131. The van der Waals surface area contributed by atoms with Crippen LogP contribution in [0.1, 0.15) is 1.43 Å². The topological polar surface area (TPSA) is 163 Å². The van der Waals surface area contributed by atoms with Gasteiger partial charge in [0.2, 0.25) is 12.2 Å². The Morgan fingerprint density at radius 3 is 1.00 bits per heavy atom. The third-order valence-electron chi connectivity index (χ3n) is 0. The molecule has 0 saturated heterocycles. The molecule has 0 aliphatic heterocycles. The number of carbonyl (C=O) groups excluding carboxylic acids is 2. The molecule has 0 amide bonds. The van der Waals surface area contributed by atoms with Crippen molar-refractivity contribution in [3.05, 3.63) is 0 Å². The minimum absolute atomic E-state index is 0. The Balaban J connectivity index is -0.0000000240. The zero-order chi connectivity index (χ0) is 9.91. The van der Waals surface area contributed by atoms with Gasteiger partial charge >= 0.3 is 38.6 Å². The van der Waals surface area contributed by atoms with Crippen molar-refractivity contribution in [2.45, 2.75) is 0 Å². The second kappa shape index (κ2) is 17.1. The van der Waals surface area contributed by atoms with E-state index >= 15 is 0 Å². The number of isocyanates is 2. The van der Waals surface area contributed by atoms with Gasteiger partial charge in [-0.05, 0) is 0 Å². The van der Waals surface area contributed by atoms with Gasteiger partial charge in [0.05, 0.1) is 0 Å². The Morgan fingerprint density at radius 1 is 1.00 bits per heavy atom. The summed E-state index contributed by atoms with van der Waals surface area (Å²) in [4.78, 5) is 46.0. The average molecular weight is 206 g/mol. The Hall–Kier alpha value is -0.183. The van der Waals surface area contributed by atoms with E-state index in [0.717, 1.165) is 12.2 Å². The third-order valence-corrected chi connectivity index (χ3v) is 0. The van der Waals surface area contributed by atoms with Crippen LogP contribution in [0.5, 0.6) is 0 Å². The fourth-order valence-electron chi connectivity index (χ4n) is 0. The van der Waals surface area contributed by atoms with E-state index in [-0.39, 0.29) is 31.0 Å². The Labute approximate surface area is 91.8 Å². The molecule has 0 heterocycles. The van der Waals surface area contributed by atoms with Crippen molar-refractivity contribution in [3.8, 4) is 0 Å². The fraction of sp³-hybridized carbons (Fsp3) is 0. The molecule has 12 heavy (non-hydrogen) atoms. The first-order chi connectivity index (χ1) is 4.83. The maximum absolute atomic E-state index is 8.35. The number of nitrogens with one attached hydrogen (secondary N) is 2. The summed E-state index contributed by atoms with van der Waals surface area (Å²) in [5, 5.41) is 10.8. The number of rotatable bonds is 0. The molecule has 0 aliphatic rings. The molecular formula is C2H7N2NaO6Si. The molecule has 0 fully saturated rings.